The molecule has 0 spiro atoms. The lowest BCUT2D eigenvalue weighted by molar-refractivity contribution is -0.140. The summed E-state index contributed by atoms with van der Waals surface area (Å²) in [4.78, 5) is 29.4. The minimum absolute atomic E-state index is 0.0279. The first-order chi connectivity index (χ1) is 22.3. The van der Waals surface area contributed by atoms with Gasteiger partial charge in [0, 0.05) is 31.1 Å². The molecule has 1 aliphatic heterocycles. The molecule has 0 fully saturated rings. The van der Waals surface area contributed by atoms with Crippen LogP contribution in [0.4, 0.5) is 10.1 Å². The highest BCUT2D eigenvalue weighted by atomic mass is 32.2. The molecular weight excluding hydrogens is 609 g/mol. The number of fused-ring (bicyclic) bond motifs is 1. The van der Waals surface area contributed by atoms with Crippen molar-refractivity contribution in [2.75, 3.05) is 30.6 Å². The van der Waals surface area contributed by atoms with Crippen LogP contribution in [-0.4, -0.2) is 57.5 Å². The maximum Gasteiger partial charge on any atom is 0.264 e. The highest BCUT2D eigenvalue weighted by molar-refractivity contribution is 7.92. The van der Waals surface area contributed by atoms with Crippen molar-refractivity contribution in [1.29, 1.82) is 0 Å². The number of ether oxygens (including phenoxy) is 2. The van der Waals surface area contributed by atoms with Crippen LogP contribution >= 0.6 is 0 Å². The van der Waals surface area contributed by atoms with Crippen molar-refractivity contribution < 1.29 is 31.9 Å². The van der Waals surface area contributed by atoms with Crippen LogP contribution in [0, 0.1) is 5.82 Å². The lowest BCUT2D eigenvalue weighted by Crippen LogP contribution is -2.53. The van der Waals surface area contributed by atoms with E-state index in [0.717, 1.165) is 9.87 Å². The third-order valence-electron chi connectivity index (χ3n) is 7.54. The molecule has 0 radical (unpaired) electrons. The van der Waals surface area contributed by atoms with Gasteiger partial charge < -0.3 is 19.7 Å². The fourth-order valence-corrected chi connectivity index (χ4v) is 6.59. The Bertz CT molecular complexity index is 1750. The zero-order chi connectivity index (χ0) is 32.5. The van der Waals surface area contributed by atoms with Crippen LogP contribution in [0.5, 0.6) is 11.5 Å². The van der Waals surface area contributed by atoms with E-state index in [1.54, 1.807) is 36.4 Å². The Morgan fingerprint density at radius 1 is 0.870 bits per heavy atom. The molecule has 1 N–H and O–H groups in total. The number of halogens is 1. The number of hydrogen-bond acceptors (Lipinski definition) is 6. The Labute approximate surface area is 268 Å². The van der Waals surface area contributed by atoms with Crippen molar-refractivity contribution in [2.45, 2.75) is 37.2 Å². The number of anilines is 1. The summed E-state index contributed by atoms with van der Waals surface area (Å²) >= 11 is 0. The summed E-state index contributed by atoms with van der Waals surface area (Å²) in [6, 6.07) is 26.5. The molecular formula is C35H36FN3O6S. The van der Waals surface area contributed by atoms with Gasteiger partial charge in [0.1, 0.15) is 31.6 Å². The van der Waals surface area contributed by atoms with E-state index in [1.807, 2.05) is 37.3 Å². The topological polar surface area (TPSA) is 105 Å². The third-order valence-corrected chi connectivity index (χ3v) is 9.33. The Balaban J connectivity index is 1.58. The normalized spacial score (nSPS) is 13.0. The molecule has 1 aliphatic rings. The number of rotatable bonds is 13. The Kier molecular flexibility index (Phi) is 10.5. The van der Waals surface area contributed by atoms with E-state index in [9.17, 15) is 18.0 Å². The molecule has 0 aromatic heterocycles. The van der Waals surface area contributed by atoms with Crippen LogP contribution < -0.4 is 19.1 Å². The van der Waals surface area contributed by atoms with Crippen LogP contribution in [0.2, 0.25) is 0 Å². The molecule has 1 heterocycles. The second-order valence-electron chi connectivity index (χ2n) is 10.8. The molecule has 0 saturated heterocycles. The molecule has 0 unspecified atom stereocenters. The van der Waals surface area contributed by atoms with Crippen LogP contribution in [0.3, 0.4) is 0 Å². The molecule has 240 valence electrons. The van der Waals surface area contributed by atoms with Crippen LogP contribution in [0.1, 0.15) is 24.5 Å². The Hall–Kier alpha value is -4.90. The van der Waals surface area contributed by atoms with Gasteiger partial charge in [-0.1, -0.05) is 73.7 Å². The highest BCUT2D eigenvalue weighted by Crippen LogP contribution is 2.36. The summed E-state index contributed by atoms with van der Waals surface area (Å²) in [5, 5.41) is 2.87. The van der Waals surface area contributed by atoms with Gasteiger partial charge in [0.2, 0.25) is 11.8 Å². The maximum absolute atomic E-state index is 15.0. The molecule has 4 aromatic carbocycles. The molecule has 0 saturated carbocycles. The monoisotopic (exact) mass is 645 g/mol. The molecule has 11 heteroatoms. The average molecular weight is 646 g/mol. The van der Waals surface area contributed by atoms with Crippen molar-refractivity contribution in [3.8, 4) is 11.5 Å². The first kappa shape index (κ1) is 32.5. The predicted octanol–water partition coefficient (Wildman–Crippen LogP) is 4.96. The van der Waals surface area contributed by atoms with Gasteiger partial charge in [0.15, 0.2) is 11.5 Å². The second-order valence-corrected chi connectivity index (χ2v) is 12.6. The van der Waals surface area contributed by atoms with Crippen molar-refractivity contribution >= 4 is 27.5 Å². The van der Waals surface area contributed by atoms with Gasteiger partial charge >= 0.3 is 0 Å². The number of carbonyl (C=O) groups excluding carboxylic acids is 2. The predicted molar refractivity (Wildman–Crippen MR) is 173 cm³/mol. The second kappa shape index (κ2) is 14.9. The first-order valence-corrected chi connectivity index (χ1v) is 16.5. The lowest BCUT2D eigenvalue weighted by atomic mass is 10.0. The summed E-state index contributed by atoms with van der Waals surface area (Å²) in [5.41, 5.74) is 1.14. The summed E-state index contributed by atoms with van der Waals surface area (Å²) in [5.74, 6) is -0.866. The Morgan fingerprint density at radius 3 is 2.22 bits per heavy atom. The van der Waals surface area contributed by atoms with Gasteiger partial charge in [-0.2, -0.15) is 0 Å². The van der Waals surface area contributed by atoms with E-state index in [-0.39, 0.29) is 35.7 Å². The van der Waals surface area contributed by atoms with Gasteiger partial charge in [-0.15, -0.1) is 0 Å². The van der Waals surface area contributed by atoms with Crippen LogP contribution in [-0.2, 0) is 32.6 Å². The van der Waals surface area contributed by atoms with E-state index in [2.05, 4.69) is 5.32 Å². The lowest BCUT2D eigenvalue weighted by Gasteiger charge is -2.34. The van der Waals surface area contributed by atoms with E-state index < -0.39 is 40.2 Å². The van der Waals surface area contributed by atoms with E-state index in [0.29, 0.717) is 31.1 Å². The minimum atomic E-state index is -4.29. The van der Waals surface area contributed by atoms with E-state index >= 15 is 4.39 Å². The summed E-state index contributed by atoms with van der Waals surface area (Å²) in [7, 11) is -4.29. The van der Waals surface area contributed by atoms with Gasteiger partial charge in [-0.25, -0.2) is 12.8 Å². The van der Waals surface area contributed by atoms with E-state index in [1.165, 1.54) is 41.3 Å². The molecule has 9 nitrogen and oxygen atoms in total. The number of carbonyl (C=O) groups is 2. The number of amides is 2. The van der Waals surface area contributed by atoms with E-state index in [4.69, 9.17) is 9.47 Å². The standard InChI is InChI=1S/C35H36FN3O6S/c1-2-19-37-35(41)31(22-26-11-5-3-6-12-26)38(24-27-13-9-10-16-30(27)36)34(40)25-39(46(42,43)29-14-7-4-8-15-29)28-17-18-32-33(23-28)45-21-20-44-32/h3-18,23,31H,2,19-22,24-25H2,1H3,(H,37,41)/t31-/m0/s1. The molecule has 5 rings (SSSR count). The number of hydrogen-bond donors (Lipinski definition) is 1. The van der Waals surface area contributed by atoms with Crippen LogP contribution in [0.15, 0.2) is 108 Å². The first-order valence-electron chi connectivity index (χ1n) is 15.1. The quantitative estimate of drug-likeness (QED) is 0.221. The average Bonchev–Trinajstić information content (AvgIpc) is 3.08. The maximum atomic E-state index is 15.0. The summed E-state index contributed by atoms with van der Waals surface area (Å²) in [6.45, 7) is 1.99. The molecule has 0 bridgehead atoms. The summed E-state index contributed by atoms with van der Waals surface area (Å²) in [6.07, 6.45) is 0.796. The third kappa shape index (κ3) is 7.66. The van der Waals surface area contributed by atoms with Crippen molar-refractivity contribution in [3.63, 3.8) is 0 Å². The van der Waals surface area contributed by atoms with Gasteiger partial charge in [0.25, 0.3) is 10.0 Å². The largest absolute Gasteiger partial charge is 0.486 e. The molecule has 0 aliphatic carbocycles. The number of nitrogens with zero attached hydrogens (tertiary/aromatic N) is 2. The highest BCUT2D eigenvalue weighted by Gasteiger charge is 2.35. The zero-order valence-electron chi connectivity index (χ0n) is 25.5. The van der Waals surface area contributed by atoms with Crippen molar-refractivity contribution in [1.82, 2.24) is 10.2 Å². The number of benzene rings is 4. The molecule has 46 heavy (non-hydrogen) atoms. The van der Waals surface area contributed by atoms with Gasteiger partial charge in [-0.3, -0.25) is 13.9 Å². The smallest absolute Gasteiger partial charge is 0.264 e. The number of sulfonamides is 1. The molecule has 2 amide bonds. The number of nitrogens with one attached hydrogen (secondary N) is 1. The molecule has 1 atom stereocenters. The van der Waals surface area contributed by atoms with Crippen LogP contribution in [0.25, 0.3) is 0 Å². The van der Waals surface area contributed by atoms with Crippen molar-refractivity contribution in [2.24, 2.45) is 0 Å². The SMILES string of the molecule is CCCNC(=O)[C@H](Cc1ccccc1)N(Cc1ccccc1F)C(=O)CN(c1ccc2c(c1)OCCO2)S(=O)(=O)c1ccccc1. The zero-order valence-corrected chi connectivity index (χ0v) is 26.3. The summed E-state index contributed by atoms with van der Waals surface area (Å²) < 4.78 is 55.7. The van der Waals surface area contributed by atoms with Crippen molar-refractivity contribution in [3.05, 3.63) is 120 Å². The fourth-order valence-electron chi connectivity index (χ4n) is 5.17. The van der Waals surface area contributed by atoms with Gasteiger partial charge in [-0.05, 0) is 42.3 Å². The minimum Gasteiger partial charge on any atom is -0.486 e. The van der Waals surface area contributed by atoms with Gasteiger partial charge in [0.05, 0.1) is 10.6 Å². The molecule has 4 aromatic rings. The Morgan fingerprint density at radius 2 is 1.52 bits per heavy atom. The fraction of sp³-hybridized carbons (Fsp3) is 0.257.